The zero-order chi connectivity index (χ0) is 17.5. The summed E-state index contributed by atoms with van der Waals surface area (Å²) in [4.78, 5) is 28.5. The van der Waals surface area contributed by atoms with E-state index < -0.39 is 0 Å². The lowest BCUT2D eigenvalue weighted by Crippen LogP contribution is -2.57. The summed E-state index contributed by atoms with van der Waals surface area (Å²) in [6, 6.07) is 10.2. The van der Waals surface area contributed by atoms with Crippen molar-refractivity contribution < 1.29 is 9.59 Å². The molecule has 5 nitrogen and oxygen atoms in total. The molecule has 0 bridgehead atoms. The standard InChI is InChI=1S/C19H29N3O2/c1-15(2)21(3)18(23)14-17-19(24)20-11-13-22(17)12-7-10-16-8-5-4-6-9-16/h4-6,8-9,15,17H,7,10-14H2,1-3H3,(H,20,24). The number of rotatable bonds is 7. The zero-order valence-electron chi connectivity index (χ0n) is 15.0. The predicted octanol–water partition coefficient (Wildman–Crippen LogP) is 1.68. The van der Waals surface area contributed by atoms with Crippen molar-refractivity contribution in [1.82, 2.24) is 15.1 Å². The number of piperazine rings is 1. The Kier molecular flexibility index (Phi) is 6.79. The van der Waals surface area contributed by atoms with Crippen molar-refractivity contribution in [2.75, 3.05) is 26.7 Å². The first-order valence-electron chi connectivity index (χ1n) is 8.80. The monoisotopic (exact) mass is 331 g/mol. The molecule has 1 heterocycles. The highest BCUT2D eigenvalue weighted by atomic mass is 16.2. The Labute approximate surface area is 145 Å². The molecule has 1 aromatic rings. The van der Waals surface area contributed by atoms with Crippen molar-refractivity contribution in [3.63, 3.8) is 0 Å². The smallest absolute Gasteiger partial charge is 0.237 e. The second-order valence-corrected chi connectivity index (χ2v) is 6.73. The molecule has 24 heavy (non-hydrogen) atoms. The van der Waals surface area contributed by atoms with E-state index in [9.17, 15) is 9.59 Å². The molecule has 0 spiro atoms. The van der Waals surface area contributed by atoms with Gasteiger partial charge in [0.2, 0.25) is 11.8 Å². The maximum absolute atomic E-state index is 12.4. The Bertz CT molecular complexity index is 545. The van der Waals surface area contributed by atoms with E-state index in [0.717, 1.165) is 25.9 Å². The number of hydrogen-bond acceptors (Lipinski definition) is 3. The van der Waals surface area contributed by atoms with Gasteiger partial charge in [0.15, 0.2) is 0 Å². The SMILES string of the molecule is CC(C)N(C)C(=O)CC1C(=O)NCCN1CCCc1ccccc1. The summed E-state index contributed by atoms with van der Waals surface area (Å²) in [5, 5.41) is 2.89. The largest absolute Gasteiger partial charge is 0.353 e. The maximum atomic E-state index is 12.4. The molecule has 0 aromatic heterocycles. The van der Waals surface area contributed by atoms with Crippen molar-refractivity contribution in [1.29, 1.82) is 0 Å². The third-order valence-corrected chi connectivity index (χ3v) is 4.73. The molecule has 0 aliphatic carbocycles. The highest BCUT2D eigenvalue weighted by molar-refractivity contribution is 5.88. The fraction of sp³-hybridized carbons (Fsp3) is 0.579. The fourth-order valence-electron chi connectivity index (χ4n) is 2.98. The van der Waals surface area contributed by atoms with Crippen LogP contribution in [0.4, 0.5) is 0 Å². The van der Waals surface area contributed by atoms with Gasteiger partial charge in [0.1, 0.15) is 0 Å². The van der Waals surface area contributed by atoms with E-state index in [0.29, 0.717) is 6.54 Å². The zero-order valence-corrected chi connectivity index (χ0v) is 15.0. The number of carbonyl (C=O) groups excluding carboxylic acids is 2. The van der Waals surface area contributed by atoms with Crippen LogP contribution in [0.25, 0.3) is 0 Å². The van der Waals surface area contributed by atoms with Gasteiger partial charge >= 0.3 is 0 Å². The maximum Gasteiger partial charge on any atom is 0.237 e. The first kappa shape index (κ1) is 18.5. The number of aryl methyl sites for hydroxylation is 1. The molecule has 5 heteroatoms. The second kappa shape index (κ2) is 8.83. The minimum atomic E-state index is -0.344. The average molecular weight is 331 g/mol. The van der Waals surface area contributed by atoms with Crippen molar-refractivity contribution in [3.05, 3.63) is 35.9 Å². The van der Waals surface area contributed by atoms with Crippen LogP contribution >= 0.6 is 0 Å². The van der Waals surface area contributed by atoms with Gasteiger partial charge in [0.05, 0.1) is 12.5 Å². The van der Waals surface area contributed by atoms with Gasteiger partial charge in [0.25, 0.3) is 0 Å². The Morgan fingerprint density at radius 1 is 1.33 bits per heavy atom. The molecule has 0 saturated carbocycles. The molecule has 1 aliphatic rings. The third-order valence-electron chi connectivity index (χ3n) is 4.73. The lowest BCUT2D eigenvalue weighted by molar-refractivity contribution is -0.139. The molecule has 0 radical (unpaired) electrons. The van der Waals surface area contributed by atoms with Crippen LogP contribution in [0.15, 0.2) is 30.3 Å². The summed E-state index contributed by atoms with van der Waals surface area (Å²) < 4.78 is 0. The molecular weight excluding hydrogens is 302 g/mol. The number of amides is 2. The molecule has 1 N–H and O–H groups in total. The number of carbonyl (C=O) groups is 2. The van der Waals surface area contributed by atoms with Gasteiger partial charge in [-0.3, -0.25) is 14.5 Å². The van der Waals surface area contributed by atoms with Gasteiger partial charge in [-0.1, -0.05) is 30.3 Å². The van der Waals surface area contributed by atoms with Crippen molar-refractivity contribution in [2.24, 2.45) is 0 Å². The summed E-state index contributed by atoms with van der Waals surface area (Å²) in [6.07, 6.45) is 2.24. The minimum absolute atomic E-state index is 0.0218. The van der Waals surface area contributed by atoms with Crippen molar-refractivity contribution in [3.8, 4) is 0 Å². The quantitative estimate of drug-likeness (QED) is 0.827. The van der Waals surface area contributed by atoms with Crippen LogP contribution in [0.2, 0.25) is 0 Å². The highest BCUT2D eigenvalue weighted by Gasteiger charge is 2.32. The van der Waals surface area contributed by atoms with E-state index in [1.165, 1.54) is 5.56 Å². The Hall–Kier alpha value is -1.88. The van der Waals surface area contributed by atoms with E-state index in [1.807, 2.05) is 32.0 Å². The van der Waals surface area contributed by atoms with E-state index in [-0.39, 0.29) is 30.3 Å². The number of benzene rings is 1. The molecule has 1 atom stereocenters. The molecule has 1 aromatic carbocycles. The van der Waals surface area contributed by atoms with Crippen LogP contribution in [0.3, 0.4) is 0 Å². The van der Waals surface area contributed by atoms with Crippen LogP contribution in [0.1, 0.15) is 32.3 Å². The Balaban J connectivity index is 1.90. The third kappa shape index (κ3) is 5.06. The second-order valence-electron chi connectivity index (χ2n) is 6.73. The molecule has 132 valence electrons. The lowest BCUT2D eigenvalue weighted by atomic mass is 10.1. The summed E-state index contributed by atoms with van der Waals surface area (Å²) in [5.74, 6) is 0.00609. The topological polar surface area (TPSA) is 52.7 Å². The van der Waals surface area contributed by atoms with Gasteiger partial charge in [0, 0.05) is 26.2 Å². The minimum Gasteiger partial charge on any atom is -0.353 e. The molecular formula is C19H29N3O2. The van der Waals surface area contributed by atoms with E-state index in [4.69, 9.17) is 0 Å². The molecule has 1 saturated heterocycles. The first-order chi connectivity index (χ1) is 11.5. The van der Waals surface area contributed by atoms with Gasteiger partial charge in [-0.2, -0.15) is 0 Å². The fourth-order valence-corrected chi connectivity index (χ4v) is 2.98. The lowest BCUT2D eigenvalue weighted by Gasteiger charge is -2.35. The van der Waals surface area contributed by atoms with Gasteiger partial charge < -0.3 is 10.2 Å². The number of nitrogens with one attached hydrogen (secondary N) is 1. The van der Waals surface area contributed by atoms with E-state index >= 15 is 0 Å². The molecule has 1 fully saturated rings. The number of nitrogens with zero attached hydrogens (tertiary/aromatic N) is 2. The summed E-state index contributed by atoms with van der Waals surface area (Å²) >= 11 is 0. The highest BCUT2D eigenvalue weighted by Crippen LogP contribution is 2.13. The number of hydrogen-bond donors (Lipinski definition) is 1. The normalized spacial score (nSPS) is 18.5. The summed E-state index contributed by atoms with van der Waals surface area (Å²) in [6.45, 7) is 6.28. The van der Waals surface area contributed by atoms with E-state index in [1.54, 1.807) is 11.9 Å². The van der Waals surface area contributed by atoms with Gasteiger partial charge in [-0.15, -0.1) is 0 Å². The molecule has 1 aliphatic heterocycles. The molecule has 2 amide bonds. The van der Waals surface area contributed by atoms with Crippen LogP contribution in [-0.4, -0.2) is 60.4 Å². The van der Waals surface area contributed by atoms with Crippen LogP contribution in [-0.2, 0) is 16.0 Å². The summed E-state index contributed by atoms with van der Waals surface area (Å²) in [7, 11) is 1.80. The average Bonchev–Trinajstić information content (AvgIpc) is 2.57. The van der Waals surface area contributed by atoms with Crippen molar-refractivity contribution in [2.45, 2.75) is 45.2 Å². The van der Waals surface area contributed by atoms with Crippen molar-refractivity contribution >= 4 is 11.8 Å². The van der Waals surface area contributed by atoms with Crippen LogP contribution in [0, 0.1) is 0 Å². The first-order valence-corrected chi connectivity index (χ1v) is 8.80. The van der Waals surface area contributed by atoms with Crippen LogP contribution < -0.4 is 5.32 Å². The molecule has 2 rings (SSSR count). The van der Waals surface area contributed by atoms with E-state index in [2.05, 4.69) is 22.3 Å². The molecule has 1 unspecified atom stereocenters. The van der Waals surface area contributed by atoms with Gasteiger partial charge in [-0.25, -0.2) is 0 Å². The Morgan fingerprint density at radius 3 is 2.71 bits per heavy atom. The van der Waals surface area contributed by atoms with Gasteiger partial charge in [-0.05, 0) is 38.8 Å². The predicted molar refractivity (Wildman–Crippen MR) is 95.7 cm³/mol. The van der Waals surface area contributed by atoms with Crippen LogP contribution in [0.5, 0.6) is 0 Å². The summed E-state index contributed by atoms with van der Waals surface area (Å²) in [5.41, 5.74) is 1.31. The Morgan fingerprint density at radius 2 is 2.04 bits per heavy atom.